The largest absolute Gasteiger partial charge is 0.457 e. The van der Waals surface area contributed by atoms with Gasteiger partial charge in [-0.1, -0.05) is 288 Å². The summed E-state index contributed by atoms with van der Waals surface area (Å²) in [4.78, 5) is 15.7. The fourth-order valence-electron chi connectivity index (χ4n) is 17.8. The third-order valence-electron chi connectivity index (χ3n) is 23.5. The Morgan fingerprint density at radius 3 is 1.14 bits per heavy atom. The molecule has 5 heterocycles. The minimum atomic E-state index is -0.500. The fourth-order valence-corrected chi connectivity index (χ4v) is 17.8. The maximum atomic E-state index is 7.48. The monoisotopic (exact) mass is 1490 g/mol. The maximum absolute atomic E-state index is 7.48. The highest BCUT2D eigenvalue weighted by Gasteiger charge is 2.40. The van der Waals surface area contributed by atoms with Crippen LogP contribution in [0.5, 0.6) is 34.5 Å². The molecule has 6 bridgehead atoms. The number of hydrogen-bond acceptors (Lipinski definition) is 8. The highest BCUT2D eigenvalue weighted by Crippen LogP contribution is 2.44. The van der Waals surface area contributed by atoms with Crippen molar-refractivity contribution in [3.63, 3.8) is 0 Å². The number of piperidine rings is 1. The van der Waals surface area contributed by atoms with Gasteiger partial charge in [-0.05, 0) is 194 Å². The Morgan fingerprint density at radius 1 is 0.382 bits per heavy atom. The van der Waals surface area contributed by atoms with Crippen molar-refractivity contribution in [2.45, 2.75) is 355 Å². The molecule has 3 aromatic heterocycles. The third-order valence-corrected chi connectivity index (χ3v) is 23.5. The number of benzene rings is 6. The van der Waals surface area contributed by atoms with E-state index in [1.54, 1.807) is 0 Å². The smallest absolute Gasteiger partial charge is 0.419 e. The van der Waals surface area contributed by atoms with E-state index < -0.39 is 7.05 Å². The zero-order chi connectivity index (χ0) is 76.8. The predicted octanol–water partition coefficient (Wildman–Crippen LogP) is 29.1. The van der Waals surface area contributed by atoms with Gasteiger partial charge in [-0.3, -0.25) is 0 Å². The molecule has 2 aliphatic rings. The Kier molecular flexibility index (Phi) is 33.2. The number of unbranched alkanes of at least 4 members (excludes halogenated alkanes) is 36. The van der Waals surface area contributed by atoms with E-state index in [0.717, 1.165) is 127 Å². The summed E-state index contributed by atoms with van der Waals surface area (Å²) in [5.41, 5.74) is 5.10. The van der Waals surface area contributed by atoms with E-state index in [1.165, 1.54) is 267 Å². The number of aromatic amines is 1. The molecule has 0 radical (unpaired) electrons. The Labute approximate surface area is 663 Å². The van der Waals surface area contributed by atoms with Gasteiger partial charge in [-0.2, -0.15) is 0 Å². The first-order valence-corrected chi connectivity index (χ1v) is 44.7. The lowest BCUT2D eigenvalue weighted by molar-refractivity contribution is 0.0531. The number of H-pyrrole nitrogens is 1. The van der Waals surface area contributed by atoms with Crippen molar-refractivity contribution in [3.05, 3.63) is 155 Å². The lowest BCUT2D eigenvalue weighted by Gasteiger charge is -2.46. The van der Waals surface area contributed by atoms with Crippen LogP contribution < -0.4 is 35.8 Å². The zero-order valence-corrected chi connectivity index (χ0v) is 69.8. The van der Waals surface area contributed by atoms with E-state index in [9.17, 15) is 0 Å². The van der Waals surface area contributed by atoms with Gasteiger partial charge in [0.25, 0.3) is 0 Å². The number of anilines is 2. The number of aromatic nitrogens is 3. The molecule has 9 aromatic rings. The lowest BCUT2D eigenvalue weighted by atomic mass is 9.78. The second kappa shape index (κ2) is 43.7. The van der Waals surface area contributed by atoms with Crippen LogP contribution in [0.15, 0.2) is 137 Å². The summed E-state index contributed by atoms with van der Waals surface area (Å²) in [6.45, 7) is 18.2. The molecule has 3 N–H and O–H groups in total. The van der Waals surface area contributed by atoms with Crippen LogP contribution in [-0.2, 0) is 31.0 Å². The fraction of sp³-hybridized carbons (Fsp3) is 0.571. The summed E-state index contributed by atoms with van der Waals surface area (Å²) >= 11 is 0. The van der Waals surface area contributed by atoms with Crippen LogP contribution in [0.1, 0.15) is 328 Å². The first-order chi connectivity index (χ1) is 53.7. The highest BCUT2D eigenvalue weighted by molar-refractivity contribution is 6.48. The second-order valence-electron chi connectivity index (χ2n) is 34.5. The average Bonchev–Trinajstić information content (AvgIpc) is 1.57. The minimum absolute atomic E-state index is 0.0530. The number of nitrogens with one attached hydrogen (secondary N) is 3. The molecule has 0 aliphatic carbocycles. The quantitative estimate of drug-likeness (QED) is 0.0259. The number of aryl methyl sites for hydroxylation is 3. The lowest BCUT2D eigenvalue weighted by Crippen LogP contribution is -2.60. The topological polar surface area (TPSA) is 111 Å². The normalized spacial score (nSPS) is 14.0. The molecule has 0 spiro atoms. The van der Waals surface area contributed by atoms with Gasteiger partial charge in [0.1, 0.15) is 68.7 Å². The average molecular weight is 1490 g/mol. The molecule has 0 atom stereocenters. The molecule has 2 aliphatic heterocycles. The first kappa shape index (κ1) is 83.7. The van der Waals surface area contributed by atoms with Crippen LogP contribution >= 0.6 is 0 Å². The minimum Gasteiger partial charge on any atom is -0.457 e. The SMILES string of the molecule is CCCCCCCCCCCCCCCc1cccc(Oc2ccc3c4[nH]c(c3c2)Nc2c3ccc(Oc5cccc(CCCCCCCCCCCCCCC)c5)cc3c(n2C)N=c2c3ccc(Oc5cccc(CCCCCCCCCCCCCCC)c5)cc3c(n2B(C)OC2CC(C)(C)NC(C)(C)C2)=N4)c1. The Morgan fingerprint density at radius 2 is 0.727 bits per heavy atom. The second-order valence-corrected chi connectivity index (χ2v) is 34.5. The first-order valence-electron chi connectivity index (χ1n) is 44.7. The van der Waals surface area contributed by atoms with Gasteiger partial charge >= 0.3 is 7.05 Å². The van der Waals surface area contributed by atoms with Crippen LogP contribution in [-0.4, -0.2) is 38.3 Å². The van der Waals surface area contributed by atoms with E-state index in [4.69, 9.17) is 28.8 Å². The van der Waals surface area contributed by atoms with E-state index in [2.05, 4.69) is 214 Å². The summed E-state index contributed by atoms with van der Waals surface area (Å²) in [6.07, 6.45) is 57.4. The molecule has 110 heavy (non-hydrogen) atoms. The van der Waals surface area contributed by atoms with Crippen LogP contribution in [0.2, 0.25) is 6.82 Å². The van der Waals surface area contributed by atoms with Gasteiger partial charge in [0, 0.05) is 56.5 Å². The number of ether oxygens (including phenoxy) is 3. The van der Waals surface area contributed by atoms with E-state index in [-0.39, 0.29) is 17.2 Å². The molecule has 1 saturated heterocycles. The molecule has 0 unspecified atom stereocenters. The van der Waals surface area contributed by atoms with Gasteiger partial charge in [0.2, 0.25) is 0 Å². The van der Waals surface area contributed by atoms with Crippen LogP contribution in [0.3, 0.4) is 0 Å². The van der Waals surface area contributed by atoms with Crippen molar-refractivity contribution in [3.8, 4) is 34.5 Å². The van der Waals surface area contributed by atoms with Gasteiger partial charge in [0.05, 0.1) is 0 Å². The van der Waals surface area contributed by atoms with Crippen molar-refractivity contribution in [1.29, 1.82) is 0 Å². The molecule has 11 rings (SSSR count). The number of rotatable bonds is 51. The Balaban J connectivity index is 0.898. The molecular formula is C98H140BN7O4. The van der Waals surface area contributed by atoms with Gasteiger partial charge in [-0.25, -0.2) is 9.98 Å². The summed E-state index contributed by atoms with van der Waals surface area (Å²) in [5, 5.41) is 13.6. The predicted molar refractivity (Wildman–Crippen MR) is 468 cm³/mol. The molecule has 594 valence electrons. The summed E-state index contributed by atoms with van der Waals surface area (Å²) in [7, 11) is 1.62. The summed E-state index contributed by atoms with van der Waals surface area (Å²) in [6, 6.07) is 45.5. The van der Waals surface area contributed by atoms with E-state index in [1.807, 2.05) is 0 Å². The van der Waals surface area contributed by atoms with Crippen LogP contribution in [0.4, 0.5) is 23.3 Å². The van der Waals surface area contributed by atoms with Gasteiger partial charge in [0.15, 0.2) is 0 Å². The molecule has 0 amide bonds. The van der Waals surface area contributed by atoms with E-state index in [0.29, 0.717) is 5.82 Å². The highest BCUT2D eigenvalue weighted by atomic mass is 16.5. The van der Waals surface area contributed by atoms with Crippen molar-refractivity contribution in [2.75, 3.05) is 5.32 Å². The Bertz CT molecular complexity index is 4370. The molecular weight excluding hydrogens is 1350 g/mol. The molecule has 1 fully saturated rings. The number of nitrogens with zero attached hydrogens (tertiary/aromatic N) is 4. The van der Waals surface area contributed by atoms with Crippen molar-refractivity contribution < 1.29 is 18.9 Å². The third kappa shape index (κ3) is 25.4. The number of fused-ring (bicyclic) bond motifs is 15. The van der Waals surface area contributed by atoms with Crippen molar-refractivity contribution >= 4 is 62.6 Å². The molecule has 6 aromatic carbocycles. The van der Waals surface area contributed by atoms with Crippen molar-refractivity contribution in [1.82, 2.24) is 19.3 Å². The van der Waals surface area contributed by atoms with Crippen LogP contribution in [0.25, 0.3) is 32.3 Å². The molecule has 0 saturated carbocycles. The standard InChI is InChI=1S/C98H140BN7O4/c1-10-13-16-19-22-25-28-31-34-37-40-43-46-52-75-55-49-58-78(67-75)107-81-61-64-85-88(70-81)92-100-91(85)102-96-90-72-83(109-80-60-51-57-77(69-80)54-48-45-42-39-36-33-30-27-24-21-18-15-12-3)63-66-87(90)95(106(96)99(8)110-84-73-97(4,5)104-98(6,7)74-84)103-94-89-71-82(62-65-86(89)93(101-92)105(94)9)108-79-59-50-56-76(68-79)53-47-44-41-38-35-32-29-26-23-20-17-14-11-2/h49-51,55-72,84,100-101,104H,10-48,52-54,73-74H2,1-9H3. The Hall–Kier alpha value is -7.28. The number of hydrogen-bond donors (Lipinski definition) is 3. The molecule has 11 nitrogen and oxygen atoms in total. The van der Waals surface area contributed by atoms with Crippen LogP contribution in [0, 0.1) is 0 Å². The van der Waals surface area contributed by atoms with Crippen molar-refractivity contribution in [2.24, 2.45) is 17.0 Å². The molecule has 12 heteroatoms. The maximum Gasteiger partial charge on any atom is 0.419 e. The van der Waals surface area contributed by atoms with E-state index >= 15 is 0 Å². The summed E-state index contributed by atoms with van der Waals surface area (Å²) < 4.78 is 32.7. The van der Waals surface area contributed by atoms with Gasteiger partial charge in [-0.15, -0.1) is 0 Å². The zero-order valence-electron chi connectivity index (χ0n) is 69.8. The summed E-state index contributed by atoms with van der Waals surface area (Å²) in [5.74, 6) is 7.87. The van der Waals surface area contributed by atoms with Gasteiger partial charge < -0.3 is 43.5 Å².